The van der Waals surface area contributed by atoms with Crippen LogP contribution < -0.4 is 0 Å². The Labute approximate surface area is 139 Å². The Kier molecular flexibility index (Phi) is 6.28. The third-order valence-electron chi connectivity index (χ3n) is 6.37. The topological polar surface area (TPSA) is 0 Å². The van der Waals surface area contributed by atoms with E-state index < -0.39 is 15.2 Å². The van der Waals surface area contributed by atoms with Crippen LogP contribution in [0.4, 0.5) is 0 Å². The minimum Gasteiger partial charge on any atom is -0.0806 e. The summed E-state index contributed by atoms with van der Waals surface area (Å²) in [6.45, 7) is 10.2. The van der Waals surface area contributed by atoms with Crippen molar-refractivity contribution in [1.29, 1.82) is 0 Å². The second-order valence-corrected chi connectivity index (χ2v) is 22.5. The first-order valence-corrected chi connectivity index (χ1v) is 15.9. The lowest BCUT2D eigenvalue weighted by Gasteiger charge is -2.50. The molecule has 0 aliphatic heterocycles. The average Bonchev–Trinajstić information content (AvgIpc) is 3.23. The maximum atomic E-state index is 2.76. The van der Waals surface area contributed by atoms with Crippen LogP contribution in [0.3, 0.4) is 0 Å². The summed E-state index contributed by atoms with van der Waals surface area (Å²) in [7, 11) is -2.66. The van der Waals surface area contributed by atoms with Gasteiger partial charge in [0.15, 0.2) is 0 Å². The summed E-state index contributed by atoms with van der Waals surface area (Å²) in [5.41, 5.74) is 1.57. The van der Waals surface area contributed by atoms with E-state index in [-0.39, 0.29) is 0 Å². The van der Waals surface area contributed by atoms with Crippen molar-refractivity contribution in [3.8, 4) is 0 Å². The van der Waals surface area contributed by atoms with Gasteiger partial charge in [0.2, 0.25) is 0 Å². The molecule has 0 aromatic heterocycles. The Morgan fingerprint density at radius 1 is 0.636 bits per heavy atom. The van der Waals surface area contributed by atoms with E-state index in [4.69, 9.17) is 0 Å². The van der Waals surface area contributed by atoms with Crippen LogP contribution in [0.15, 0.2) is 48.6 Å². The van der Waals surface area contributed by atoms with Crippen molar-refractivity contribution >= 4 is 15.2 Å². The molecular weight excluding hydrogens is 296 g/mol. The predicted molar refractivity (Wildman–Crippen MR) is 107 cm³/mol. The van der Waals surface area contributed by atoms with E-state index in [0.29, 0.717) is 0 Å². The fraction of sp³-hybridized carbons (Fsp3) is 0.600. The monoisotopic (exact) mass is 330 g/mol. The Morgan fingerprint density at radius 3 is 1.23 bits per heavy atom. The number of allylic oxidation sites excluding steroid dienone is 8. The molecule has 0 N–H and O–H groups in total. The van der Waals surface area contributed by atoms with Gasteiger partial charge in [0.1, 0.15) is 0 Å². The molecule has 0 amide bonds. The Balaban J connectivity index is 2.37. The molecule has 0 saturated heterocycles. The van der Waals surface area contributed by atoms with Crippen molar-refractivity contribution in [3.05, 3.63) is 48.6 Å². The number of hydrogen-bond acceptors (Lipinski definition) is 0. The van der Waals surface area contributed by atoms with Gasteiger partial charge in [-0.15, -0.1) is 0 Å². The Morgan fingerprint density at radius 2 is 0.955 bits per heavy atom. The lowest BCUT2D eigenvalue weighted by atomic mass is 10.4. The molecule has 0 spiro atoms. The smallest absolute Gasteiger partial charge is 0.0572 e. The van der Waals surface area contributed by atoms with Crippen molar-refractivity contribution in [2.75, 3.05) is 0 Å². The Bertz CT molecular complexity index is 406. The van der Waals surface area contributed by atoms with Crippen molar-refractivity contribution < 1.29 is 0 Å². The van der Waals surface area contributed by atoms with Gasteiger partial charge in [0.05, 0.1) is 15.2 Å². The SMILES string of the molecule is CCCC[Si@](C)(C1C=CC=C1)[Si@](C)(CCCC)C1C=CC=C1. The number of hydrogen-bond donors (Lipinski definition) is 0. The summed E-state index contributed by atoms with van der Waals surface area (Å²) in [6, 6.07) is 3.04. The van der Waals surface area contributed by atoms with E-state index in [1.165, 1.54) is 37.8 Å². The average molecular weight is 331 g/mol. The summed E-state index contributed by atoms with van der Waals surface area (Å²) < 4.78 is 0. The molecule has 0 unspecified atom stereocenters. The van der Waals surface area contributed by atoms with Gasteiger partial charge in [-0.1, -0.05) is 113 Å². The van der Waals surface area contributed by atoms with Gasteiger partial charge in [0.25, 0.3) is 0 Å². The molecular formula is C20H34Si2. The third kappa shape index (κ3) is 3.33. The first-order chi connectivity index (χ1) is 10.6. The van der Waals surface area contributed by atoms with E-state index >= 15 is 0 Å². The summed E-state index contributed by atoms with van der Waals surface area (Å²) >= 11 is 0. The minimum absolute atomic E-state index is 0.787. The third-order valence-corrected chi connectivity index (χ3v) is 26.8. The molecule has 0 aromatic carbocycles. The largest absolute Gasteiger partial charge is 0.0806 e. The van der Waals surface area contributed by atoms with Gasteiger partial charge in [-0.3, -0.25) is 0 Å². The maximum absolute atomic E-state index is 2.76. The lowest BCUT2D eigenvalue weighted by molar-refractivity contribution is 0.850. The zero-order valence-corrected chi connectivity index (χ0v) is 17.0. The van der Waals surface area contributed by atoms with Crippen LogP contribution in [0.25, 0.3) is 0 Å². The summed E-state index contributed by atoms with van der Waals surface area (Å²) in [4.78, 5) is 0. The standard InChI is InChI=1S/C20H34Si2/c1-5-7-17-21(3,19-13-9-10-14-19)22(4,18-8-6-2)20-15-11-12-16-20/h9-16,19-20H,5-8,17-18H2,1-4H3/t21-,22-/m1/s1. The highest BCUT2D eigenvalue weighted by atomic mass is 29.3. The van der Waals surface area contributed by atoms with E-state index in [1.807, 2.05) is 0 Å². The zero-order chi connectivity index (χ0) is 16.1. The number of unbranched alkanes of at least 4 members (excludes halogenated alkanes) is 2. The fourth-order valence-electron chi connectivity index (χ4n) is 4.47. The molecule has 0 heterocycles. The van der Waals surface area contributed by atoms with Crippen molar-refractivity contribution in [2.45, 2.75) is 75.8 Å². The first kappa shape index (κ1) is 17.7. The molecule has 2 aliphatic carbocycles. The molecule has 2 rings (SSSR count). The molecule has 0 saturated carbocycles. The van der Waals surface area contributed by atoms with Gasteiger partial charge in [-0.2, -0.15) is 0 Å². The summed E-state index contributed by atoms with van der Waals surface area (Å²) in [6.07, 6.45) is 24.9. The van der Waals surface area contributed by atoms with Crippen molar-refractivity contribution in [1.82, 2.24) is 0 Å². The second kappa shape index (κ2) is 7.78. The molecule has 2 heteroatoms. The molecule has 0 nitrogen and oxygen atoms in total. The highest BCUT2D eigenvalue weighted by Gasteiger charge is 2.53. The lowest BCUT2D eigenvalue weighted by Crippen LogP contribution is -2.62. The van der Waals surface area contributed by atoms with E-state index in [1.54, 1.807) is 0 Å². The van der Waals surface area contributed by atoms with E-state index in [9.17, 15) is 0 Å². The maximum Gasteiger partial charge on any atom is 0.0572 e. The molecule has 2 atom stereocenters. The van der Waals surface area contributed by atoms with Gasteiger partial charge in [-0.05, 0) is 11.1 Å². The fourth-order valence-corrected chi connectivity index (χ4v) is 22.3. The van der Waals surface area contributed by atoms with Crippen LogP contribution in [-0.2, 0) is 0 Å². The molecule has 0 aromatic rings. The van der Waals surface area contributed by atoms with E-state index in [0.717, 1.165) is 11.1 Å². The van der Waals surface area contributed by atoms with Gasteiger partial charge < -0.3 is 0 Å². The minimum atomic E-state index is -1.33. The van der Waals surface area contributed by atoms with Gasteiger partial charge in [-0.25, -0.2) is 0 Å². The predicted octanol–water partition coefficient (Wildman–Crippen LogP) is 6.81. The second-order valence-electron chi connectivity index (χ2n) is 7.63. The molecule has 2 aliphatic rings. The van der Waals surface area contributed by atoms with Crippen LogP contribution in [0.1, 0.15) is 39.5 Å². The highest BCUT2D eigenvalue weighted by Crippen LogP contribution is 2.48. The van der Waals surface area contributed by atoms with Crippen LogP contribution >= 0.6 is 0 Å². The van der Waals surface area contributed by atoms with E-state index in [2.05, 4.69) is 75.5 Å². The first-order valence-electron chi connectivity index (χ1n) is 9.28. The van der Waals surface area contributed by atoms with Crippen LogP contribution in [0.2, 0.25) is 36.3 Å². The van der Waals surface area contributed by atoms with Gasteiger partial charge >= 0.3 is 0 Å². The molecule has 22 heavy (non-hydrogen) atoms. The molecule has 0 radical (unpaired) electrons. The van der Waals surface area contributed by atoms with Gasteiger partial charge in [0, 0.05) is 0 Å². The quantitative estimate of drug-likeness (QED) is 0.407. The summed E-state index contributed by atoms with van der Waals surface area (Å²) in [5.74, 6) is 0. The number of rotatable bonds is 9. The van der Waals surface area contributed by atoms with Crippen LogP contribution in [0, 0.1) is 0 Å². The molecule has 122 valence electrons. The molecule has 0 fully saturated rings. The van der Waals surface area contributed by atoms with Crippen molar-refractivity contribution in [2.24, 2.45) is 0 Å². The normalized spacial score (nSPS) is 23.3. The van der Waals surface area contributed by atoms with Crippen LogP contribution in [0.5, 0.6) is 0 Å². The zero-order valence-electron chi connectivity index (χ0n) is 15.0. The highest BCUT2D eigenvalue weighted by molar-refractivity contribution is 7.43. The summed E-state index contributed by atoms with van der Waals surface area (Å²) in [5, 5.41) is 0. The molecule has 0 bridgehead atoms. The van der Waals surface area contributed by atoms with Crippen LogP contribution in [-0.4, -0.2) is 15.2 Å². The van der Waals surface area contributed by atoms with Crippen molar-refractivity contribution in [3.63, 3.8) is 0 Å². The Hall–Kier alpha value is -0.606.